The summed E-state index contributed by atoms with van der Waals surface area (Å²) in [6, 6.07) is 13.9. The molecule has 1 fully saturated rings. The van der Waals surface area contributed by atoms with Crippen molar-refractivity contribution in [2.75, 3.05) is 27.3 Å². The number of methoxy groups -OCH3 is 2. The van der Waals surface area contributed by atoms with E-state index in [2.05, 4.69) is 39.5 Å². The number of hydrogen-bond acceptors (Lipinski definition) is 6. The molecule has 1 saturated heterocycles. The van der Waals surface area contributed by atoms with E-state index in [9.17, 15) is 9.59 Å². The van der Waals surface area contributed by atoms with Gasteiger partial charge in [-0.05, 0) is 24.5 Å². The number of piperidine rings is 1. The number of aryl methyl sites for hydroxylation is 1. The van der Waals surface area contributed by atoms with Gasteiger partial charge in [0, 0.05) is 44.7 Å². The second-order valence-corrected chi connectivity index (χ2v) is 8.32. The molecule has 174 valence electrons. The largest absolute Gasteiger partial charge is 0.493 e. The number of ether oxygens (including phenoxy) is 2. The van der Waals surface area contributed by atoms with E-state index < -0.39 is 0 Å². The van der Waals surface area contributed by atoms with Gasteiger partial charge >= 0.3 is 0 Å². The van der Waals surface area contributed by atoms with Crippen LogP contribution in [-0.4, -0.2) is 53.7 Å². The van der Waals surface area contributed by atoms with Crippen LogP contribution in [0, 0.1) is 0 Å². The average Bonchev–Trinajstić information content (AvgIpc) is 2.85. The number of carbonyl (C=O) groups is 1. The van der Waals surface area contributed by atoms with E-state index in [-0.39, 0.29) is 30.5 Å². The van der Waals surface area contributed by atoms with Crippen molar-refractivity contribution >= 4 is 16.8 Å². The standard InChI is InChI=1S/C25H30N4O4/c1-32-22-14-20-21(15-23(22)33-2)26-17-29(25(20)31)13-10-24(30)27-19-8-11-28(12-9-19)16-18-6-4-3-5-7-18/h3-7,14-15,17,19H,8-13,16H2,1-2H3,(H,27,30). The van der Waals surface area contributed by atoms with Gasteiger partial charge in [0.25, 0.3) is 5.56 Å². The van der Waals surface area contributed by atoms with Crippen molar-refractivity contribution in [1.29, 1.82) is 0 Å². The molecule has 2 aromatic carbocycles. The summed E-state index contributed by atoms with van der Waals surface area (Å²) in [7, 11) is 3.06. The fourth-order valence-electron chi connectivity index (χ4n) is 4.24. The maximum absolute atomic E-state index is 12.9. The highest BCUT2D eigenvalue weighted by atomic mass is 16.5. The van der Waals surface area contributed by atoms with Crippen LogP contribution in [-0.2, 0) is 17.9 Å². The molecule has 1 aliphatic rings. The Morgan fingerprint density at radius 3 is 2.48 bits per heavy atom. The van der Waals surface area contributed by atoms with Crippen molar-refractivity contribution in [3.05, 3.63) is 64.7 Å². The topological polar surface area (TPSA) is 85.7 Å². The first kappa shape index (κ1) is 22.8. The zero-order valence-corrected chi connectivity index (χ0v) is 19.1. The first-order valence-electron chi connectivity index (χ1n) is 11.2. The summed E-state index contributed by atoms with van der Waals surface area (Å²) in [5.41, 5.74) is 1.63. The van der Waals surface area contributed by atoms with Crippen molar-refractivity contribution in [2.45, 2.75) is 38.4 Å². The lowest BCUT2D eigenvalue weighted by atomic mass is 10.0. The quantitative estimate of drug-likeness (QED) is 0.568. The highest BCUT2D eigenvalue weighted by molar-refractivity contribution is 5.81. The molecule has 0 aliphatic carbocycles. The monoisotopic (exact) mass is 450 g/mol. The second kappa shape index (κ2) is 10.5. The third-order valence-corrected chi connectivity index (χ3v) is 6.11. The van der Waals surface area contributed by atoms with Crippen LogP contribution in [0.4, 0.5) is 0 Å². The van der Waals surface area contributed by atoms with E-state index in [0.29, 0.717) is 22.4 Å². The number of carbonyl (C=O) groups excluding carboxylic acids is 1. The molecule has 1 amide bonds. The molecule has 3 aromatic rings. The summed E-state index contributed by atoms with van der Waals surface area (Å²) < 4.78 is 12.0. The van der Waals surface area contributed by atoms with E-state index in [1.165, 1.54) is 30.7 Å². The molecule has 2 heterocycles. The van der Waals surface area contributed by atoms with Gasteiger partial charge in [0.1, 0.15) is 0 Å². The third-order valence-electron chi connectivity index (χ3n) is 6.11. The molecule has 1 N–H and O–H groups in total. The third kappa shape index (κ3) is 5.51. The van der Waals surface area contributed by atoms with Crippen LogP contribution < -0.4 is 20.3 Å². The number of benzene rings is 2. The molecule has 4 rings (SSSR count). The van der Waals surface area contributed by atoms with Crippen LogP contribution in [0.3, 0.4) is 0 Å². The maximum atomic E-state index is 12.9. The normalized spacial score (nSPS) is 14.8. The van der Waals surface area contributed by atoms with Crippen molar-refractivity contribution in [3.8, 4) is 11.5 Å². The van der Waals surface area contributed by atoms with Crippen molar-refractivity contribution < 1.29 is 14.3 Å². The predicted molar refractivity (Wildman–Crippen MR) is 127 cm³/mol. The van der Waals surface area contributed by atoms with Crippen molar-refractivity contribution in [2.24, 2.45) is 0 Å². The fourth-order valence-corrected chi connectivity index (χ4v) is 4.24. The summed E-state index contributed by atoms with van der Waals surface area (Å²) in [6.07, 6.45) is 3.56. The molecule has 1 aromatic heterocycles. The number of hydrogen-bond donors (Lipinski definition) is 1. The van der Waals surface area contributed by atoms with Crippen LogP contribution >= 0.6 is 0 Å². The van der Waals surface area contributed by atoms with Gasteiger partial charge < -0.3 is 14.8 Å². The summed E-state index contributed by atoms with van der Waals surface area (Å²) in [4.78, 5) is 32.2. The molecule has 8 heteroatoms. The van der Waals surface area contributed by atoms with Crippen LogP contribution in [0.2, 0.25) is 0 Å². The Bertz CT molecular complexity index is 1150. The van der Waals surface area contributed by atoms with Crippen LogP contribution in [0.1, 0.15) is 24.8 Å². The minimum atomic E-state index is -0.206. The van der Waals surface area contributed by atoms with E-state index in [4.69, 9.17) is 9.47 Å². The lowest BCUT2D eigenvalue weighted by Crippen LogP contribution is -2.44. The molecule has 0 saturated carbocycles. The van der Waals surface area contributed by atoms with Crippen LogP contribution in [0.25, 0.3) is 10.9 Å². The minimum Gasteiger partial charge on any atom is -0.493 e. The lowest BCUT2D eigenvalue weighted by molar-refractivity contribution is -0.122. The molecule has 0 unspecified atom stereocenters. The number of nitrogens with zero attached hydrogens (tertiary/aromatic N) is 3. The van der Waals surface area contributed by atoms with E-state index in [0.717, 1.165) is 32.5 Å². The highest BCUT2D eigenvalue weighted by Crippen LogP contribution is 2.29. The molecule has 8 nitrogen and oxygen atoms in total. The number of aromatic nitrogens is 2. The summed E-state index contributed by atoms with van der Waals surface area (Å²) >= 11 is 0. The van der Waals surface area contributed by atoms with Gasteiger partial charge in [0.15, 0.2) is 11.5 Å². The maximum Gasteiger partial charge on any atom is 0.261 e. The van der Waals surface area contributed by atoms with Gasteiger partial charge in [0.05, 0.1) is 31.4 Å². The van der Waals surface area contributed by atoms with Crippen molar-refractivity contribution in [3.63, 3.8) is 0 Å². The molecule has 33 heavy (non-hydrogen) atoms. The van der Waals surface area contributed by atoms with Gasteiger partial charge in [-0.2, -0.15) is 0 Å². The lowest BCUT2D eigenvalue weighted by Gasteiger charge is -2.32. The van der Waals surface area contributed by atoms with Gasteiger partial charge in [-0.15, -0.1) is 0 Å². The molecule has 0 bridgehead atoms. The Morgan fingerprint density at radius 1 is 1.09 bits per heavy atom. The fraction of sp³-hybridized carbons (Fsp3) is 0.400. The molecule has 0 spiro atoms. The Morgan fingerprint density at radius 2 is 1.79 bits per heavy atom. The number of rotatable bonds is 8. The Balaban J connectivity index is 1.30. The number of amides is 1. The SMILES string of the molecule is COc1cc2ncn(CCC(=O)NC3CCN(Cc4ccccc4)CC3)c(=O)c2cc1OC. The Kier molecular flexibility index (Phi) is 7.24. The zero-order chi connectivity index (χ0) is 23.2. The minimum absolute atomic E-state index is 0.0455. The summed E-state index contributed by atoms with van der Waals surface area (Å²) in [5, 5.41) is 3.56. The first-order valence-corrected chi connectivity index (χ1v) is 11.2. The molecule has 0 radical (unpaired) electrons. The Hall–Kier alpha value is -3.39. The number of likely N-dealkylation sites (tertiary alicyclic amines) is 1. The van der Waals surface area contributed by atoms with Crippen LogP contribution in [0.5, 0.6) is 11.5 Å². The zero-order valence-electron chi connectivity index (χ0n) is 19.1. The summed E-state index contributed by atoms with van der Waals surface area (Å²) in [6.45, 7) is 3.13. The van der Waals surface area contributed by atoms with Crippen LogP contribution in [0.15, 0.2) is 53.6 Å². The van der Waals surface area contributed by atoms with Gasteiger partial charge in [0.2, 0.25) is 5.91 Å². The average molecular weight is 451 g/mol. The number of nitrogens with one attached hydrogen (secondary N) is 1. The molecular weight excluding hydrogens is 420 g/mol. The number of fused-ring (bicyclic) bond motifs is 1. The molecule has 1 aliphatic heterocycles. The molecular formula is C25H30N4O4. The van der Waals surface area contributed by atoms with Gasteiger partial charge in [-0.1, -0.05) is 30.3 Å². The second-order valence-electron chi connectivity index (χ2n) is 8.32. The summed E-state index contributed by atoms with van der Waals surface area (Å²) in [5.74, 6) is 0.942. The highest BCUT2D eigenvalue weighted by Gasteiger charge is 2.21. The first-order chi connectivity index (χ1) is 16.1. The smallest absolute Gasteiger partial charge is 0.261 e. The molecule has 0 atom stereocenters. The van der Waals surface area contributed by atoms with E-state index >= 15 is 0 Å². The van der Waals surface area contributed by atoms with Crippen molar-refractivity contribution in [1.82, 2.24) is 19.8 Å². The predicted octanol–water partition coefficient (Wildman–Crippen LogP) is 2.58. The van der Waals surface area contributed by atoms with Gasteiger partial charge in [-0.25, -0.2) is 4.98 Å². The Labute approximate surface area is 193 Å². The van der Waals surface area contributed by atoms with E-state index in [1.54, 1.807) is 12.1 Å². The van der Waals surface area contributed by atoms with Gasteiger partial charge in [-0.3, -0.25) is 19.1 Å². The van der Waals surface area contributed by atoms with E-state index in [1.807, 2.05) is 6.07 Å².